The average molecular weight is 281 g/mol. The van der Waals surface area contributed by atoms with Crippen LogP contribution in [0.5, 0.6) is 0 Å². The molecule has 6 heteroatoms. The van der Waals surface area contributed by atoms with Crippen LogP contribution in [-0.2, 0) is 0 Å². The molecule has 0 saturated heterocycles. The summed E-state index contributed by atoms with van der Waals surface area (Å²) >= 11 is 0. The van der Waals surface area contributed by atoms with Gasteiger partial charge in [-0.3, -0.25) is 4.79 Å². The second-order valence-corrected chi connectivity index (χ2v) is 5.68. The molecule has 20 heavy (non-hydrogen) atoms. The Labute approximate surface area is 118 Å². The van der Waals surface area contributed by atoms with Crippen LogP contribution in [0.1, 0.15) is 62.0 Å². The number of carbonyl (C=O) groups is 1. The van der Waals surface area contributed by atoms with Gasteiger partial charge >= 0.3 is 0 Å². The predicted octanol–water partition coefficient (Wildman–Crippen LogP) is 1.36. The molecule has 1 amide bonds. The lowest BCUT2D eigenvalue weighted by atomic mass is 9.86. The van der Waals surface area contributed by atoms with Crippen molar-refractivity contribution in [2.45, 2.75) is 57.7 Å². The number of amides is 1. The van der Waals surface area contributed by atoms with E-state index < -0.39 is 12.1 Å². The molecule has 6 nitrogen and oxygen atoms in total. The van der Waals surface area contributed by atoms with Crippen molar-refractivity contribution in [3.05, 3.63) is 17.8 Å². The van der Waals surface area contributed by atoms with Gasteiger partial charge in [0.2, 0.25) is 5.89 Å². The number of aliphatic hydroxyl groups excluding tert-OH is 1. The maximum absolute atomic E-state index is 12.1. The monoisotopic (exact) mass is 281 g/mol. The lowest BCUT2D eigenvalue weighted by Crippen LogP contribution is -2.41. The van der Waals surface area contributed by atoms with Crippen molar-refractivity contribution in [1.29, 1.82) is 0 Å². The molecule has 0 spiro atoms. The molecule has 4 atom stereocenters. The van der Waals surface area contributed by atoms with E-state index in [0.717, 1.165) is 19.3 Å². The first-order valence-electron chi connectivity index (χ1n) is 7.19. The molecule has 1 aromatic heterocycles. The molecular weight excluding hydrogens is 258 g/mol. The number of hydrogen-bond acceptors (Lipinski definition) is 5. The third-order valence-corrected chi connectivity index (χ3v) is 3.99. The van der Waals surface area contributed by atoms with Crippen LogP contribution in [0.25, 0.3) is 0 Å². The second kappa shape index (κ2) is 6.37. The average Bonchev–Trinajstić information content (AvgIpc) is 2.90. The third kappa shape index (κ3) is 3.37. The molecule has 1 aliphatic carbocycles. The summed E-state index contributed by atoms with van der Waals surface area (Å²) < 4.78 is 5.17. The van der Waals surface area contributed by atoms with Gasteiger partial charge in [0.25, 0.3) is 5.91 Å². The lowest BCUT2D eigenvalue weighted by molar-refractivity contribution is 0.0905. The molecule has 0 bridgehead atoms. The van der Waals surface area contributed by atoms with Gasteiger partial charge in [0, 0.05) is 6.04 Å². The zero-order chi connectivity index (χ0) is 14.7. The summed E-state index contributed by atoms with van der Waals surface area (Å²) in [6, 6.07) is -0.521. The summed E-state index contributed by atoms with van der Waals surface area (Å²) in [4.78, 5) is 16.2. The minimum Gasteiger partial charge on any atom is -0.446 e. The number of rotatable bonds is 4. The molecule has 1 aromatic rings. The molecule has 2 rings (SSSR count). The van der Waals surface area contributed by atoms with Crippen LogP contribution in [0.4, 0.5) is 0 Å². The fourth-order valence-corrected chi connectivity index (χ4v) is 2.52. The van der Waals surface area contributed by atoms with Crippen LogP contribution in [0.3, 0.4) is 0 Å². The van der Waals surface area contributed by atoms with E-state index in [-0.39, 0.29) is 23.5 Å². The number of nitrogens with two attached hydrogens (primary N) is 1. The Morgan fingerprint density at radius 2 is 2.25 bits per heavy atom. The number of hydrogen-bond donors (Lipinski definition) is 3. The number of nitrogens with zero attached hydrogens (tertiary/aromatic N) is 1. The largest absolute Gasteiger partial charge is 0.446 e. The van der Waals surface area contributed by atoms with Crippen molar-refractivity contribution >= 4 is 5.91 Å². The van der Waals surface area contributed by atoms with E-state index >= 15 is 0 Å². The van der Waals surface area contributed by atoms with Crippen molar-refractivity contribution < 1.29 is 14.3 Å². The van der Waals surface area contributed by atoms with Crippen molar-refractivity contribution in [1.82, 2.24) is 10.3 Å². The van der Waals surface area contributed by atoms with Gasteiger partial charge in [0.05, 0.1) is 6.10 Å². The third-order valence-electron chi connectivity index (χ3n) is 3.99. The van der Waals surface area contributed by atoms with Crippen LogP contribution in [0.15, 0.2) is 10.7 Å². The highest BCUT2D eigenvalue weighted by molar-refractivity contribution is 5.92. The number of aromatic nitrogens is 1. The summed E-state index contributed by atoms with van der Waals surface area (Å²) in [7, 11) is 0. The van der Waals surface area contributed by atoms with E-state index in [9.17, 15) is 9.90 Å². The van der Waals surface area contributed by atoms with Crippen LogP contribution in [0.2, 0.25) is 0 Å². The summed E-state index contributed by atoms with van der Waals surface area (Å²) in [6.45, 7) is 3.71. The highest BCUT2D eigenvalue weighted by Crippen LogP contribution is 2.24. The van der Waals surface area contributed by atoms with Gasteiger partial charge < -0.3 is 20.6 Å². The summed E-state index contributed by atoms with van der Waals surface area (Å²) in [6.07, 6.45) is 5.03. The molecule has 1 heterocycles. The Bertz CT molecular complexity index is 458. The normalized spacial score (nSPS) is 26.0. The van der Waals surface area contributed by atoms with E-state index in [2.05, 4.69) is 17.2 Å². The quantitative estimate of drug-likeness (QED) is 0.773. The second-order valence-electron chi connectivity index (χ2n) is 5.68. The standard InChI is InChI=1S/C14H23N3O3/c1-8-5-3-4-6-10(8)16-13(19)11-7-20-14(17-11)12(15)9(2)18/h7-10,12,18H,3-6,15H2,1-2H3,(H,16,19). The number of oxazole rings is 1. The first-order valence-corrected chi connectivity index (χ1v) is 7.19. The topological polar surface area (TPSA) is 101 Å². The minimum absolute atomic E-state index is 0.182. The molecular formula is C14H23N3O3. The van der Waals surface area contributed by atoms with E-state index in [4.69, 9.17) is 10.2 Å². The maximum Gasteiger partial charge on any atom is 0.273 e. The lowest BCUT2D eigenvalue weighted by Gasteiger charge is -2.29. The van der Waals surface area contributed by atoms with Gasteiger partial charge in [-0.05, 0) is 25.7 Å². The van der Waals surface area contributed by atoms with Gasteiger partial charge in [-0.2, -0.15) is 0 Å². The van der Waals surface area contributed by atoms with Gasteiger partial charge in [-0.15, -0.1) is 0 Å². The highest BCUT2D eigenvalue weighted by atomic mass is 16.3. The fraction of sp³-hybridized carbons (Fsp3) is 0.714. The first-order chi connectivity index (χ1) is 9.49. The molecule has 1 aliphatic rings. The van der Waals surface area contributed by atoms with E-state index in [1.54, 1.807) is 6.92 Å². The molecule has 1 fully saturated rings. The van der Waals surface area contributed by atoms with Gasteiger partial charge in [-0.25, -0.2) is 4.98 Å². The Kier molecular flexibility index (Phi) is 4.77. The van der Waals surface area contributed by atoms with Gasteiger partial charge in [0.1, 0.15) is 12.3 Å². The molecule has 0 radical (unpaired) electrons. The van der Waals surface area contributed by atoms with Crippen LogP contribution >= 0.6 is 0 Å². The first kappa shape index (κ1) is 15.0. The van der Waals surface area contributed by atoms with Crippen LogP contribution < -0.4 is 11.1 Å². The fourth-order valence-electron chi connectivity index (χ4n) is 2.52. The number of nitrogens with one attached hydrogen (secondary N) is 1. The van der Waals surface area contributed by atoms with Crippen molar-refractivity contribution in [2.24, 2.45) is 11.7 Å². The molecule has 4 unspecified atom stereocenters. The Morgan fingerprint density at radius 1 is 1.55 bits per heavy atom. The number of carbonyl (C=O) groups excluding carboxylic acids is 1. The van der Waals surface area contributed by atoms with Crippen molar-refractivity contribution in [3.8, 4) is 0 Å². The van der Waals surface area contributed by atoms with Crippen molar-refractivity contribution in [2.75, 3.05) is 0 Å². The van der Waals surface area contributed by atoms with Crippen molar-refractivity contribution in [3.63, 3.8) is 0 Å². The van der Waals surface area contributed by atoms with Gasteiger partial charge in [-0.1, -0.05) is 19.8 Å². The number of aliphatic hydroxyl groups is 1. The van der Waals surface area contributed by atoms with E-state index in [0.29, 0.717) is 5.92 Å². The van der Waals surface area contributed by atoms with Crippen LogP contribution in [-0.4, -0.2) is 28.1 Å². The smallest absolute Gasteiger partial charge is 0.273 e. The minimum atomic E-state index is -0.775. The summed E-state index contributed by atoms with van der Waals surface area (Å²) in [5.74, 6) is 0.428. The Hall–Kier alpha value is -1.40. The van der Waals surface area contributed by atoms with E-state index in [1.807, 2.05) is 0 Å². The van der Waals surface area contributed by atoms with E-state index in [1.165, 1.54) is 12.7 Å². The zero-order valence-corrected chi connectivity index (χ0v) is 12.0. The predicted molar refractivity (Wildman–Crippen MR) is 74.0 cm³/mol. The summed E-state index contributed by atoms with van der Waals surface area (Å²) in [5, 5.41) is 12.4. The molecule has 0 aromatic carbocycles. The molecule has 112 valence electrons. The molecule has 4 N–H and O–H groups in total. The Balaban J connectivity index is 1.99. The maximum atomic E-state index is 12.1. The highest BCUT2D eigenvalue weighted by Gasteiger charge is 2.25. The van der Waals surface area contributed by atoms with Gasteiger partial charge in [0.15, 0.2) is 5.69 Å². The molecule has 1 saturated carbocycles. The SMILES string of the molecule is CC(O)C(N)c1nc(C(=O)NC2CCCCC2C)co1. The summed E-state index contributed by atoms with van der Waals surface area (Å²) in [5.41, 5.74) is 5.94. The Morgan fingerprint density at radius 3 is 2.90 bits per heavy atom. The zero-order valence-electron chi connectivity index (χ0n) is 12.0. The molecule has 0 aliphatic heterocycles. The van der Waals surface area contributed by atoms with Crippen LogP contribution in [0, 0.1) is 5.92 Å².